The summed E-state index contributed by atoms with van der Waals surface area (Å²) in [6.45, 7) is 1.58. The van der Waals surface area contributed by atoms with Crippen LogP contribution in [0.5, 0.6) is 0 Å². The first kappa shape index (κ1) is 11.4. The first-order valence-electron chi connectivity index (χ1n) is 5.16. The van der Waals surface area contributed by atoms with Gasteiger partial charge < -0.3 is 9.47 Å². The summed E-state index contributed by atoms with van der Waals surface area (Å²) < 4.78 is 12.4. The minimum Gasteiger partial charge on any atom is -0.381 e. The molecule has 0 N–H and O–H groups in total. The lowest BCUT2D eigenvalue weighted by molar-refractivity contribution is -0.0948. The Morgan fingerprint density at radius 3 is 2.67 bits per heavy atom. The molecule has 3 heteroatoms. The predicted molar refractivity (Wildman–Crippen MR) is 67.9 cm³/mol. The smallest absolute Gasteiger partial charge is 0.0971 e. The molecule has 2 nitrogen and oxygen atoms in total. The maximum Gasteiger partial charge on any atom is 0.0971 e. The Morgan fingerprint density at radius 2 is 2.07 bits per heavy atom. The highest BCUT2D eigenvalue weighted by Gasteiger charge is 2.34. The molecule has 1 saturated heterocycles. The van der Waals surface area contributed by atoms with Crippen molar-refractivity contribution in [1.29, 1.82) is 0 Å². The third-order valence-electron chi connectivity index (χ3n) is 3.04. The molecule has 1 heterocycles. The van der Waals surface area contributed by atoms with Gasteiger partial charge in [-0.25, -0.2) is 0 Å². The third kappa shape index (κ3) is 2.34. The number of benzene rings is 1. The van der Waals surface area contributed by atoms with Gasteiger partial charge in [0.25, 0.3) is 0 Å². The maximum absolute atomic E-state index is 5.74. The quantitative estimate of drug-likeness (QED) is 0.781. The normalized spacial score (nSPS) is 20.1. The Balaban J connectivity index is 2.32. The fourth-order valence-electron chi connectivity index (χ4n) is 2.08. The van der Waals surface area contributed by atoms with Crippen molar-refractivity contribution in [3.8, 4) is 0 Å². The van der Waals surface area contributed by atoms with E-state index in [4.69, 9.17) is 9.47 Å². The first-order chi connectivity index (χ1) is 7.27. The van der Waals surface area contributed by atoms with Crippen molar-refractivity contribution in [1.82, 2.24) is 0 Å². The largest absolute Gasteiger partial charge is 0.381 e. The fraction of sp³-hybridized carbons (Fsp3) is 0.500. The highest BCUT2D eigenvalue weighted by atomic mass is 127. The van der Waals surface area contributed by atoms with Crippen molar-refractivity contribution >= 4 is 22.6 Å². The minimum absolute atomic E-state index is 0.126. The molecule has 0 aromatic heterocycles. The van der Waals surface area contributed by atoms with Crippen molar-refractivity contribution in [2.45, 2.75) is 18.4 Å². The topological polar surface area (TPSA) is 18.5 Å². The molecule has 0 amide bonds. The van der Waals surface area contributed by atoms with Gasteiger partial charge in [-0.05, 0) is 40.3 Å². The summed E-state index contributed by atoms with van der Waals surface area (Å²) in [4.78, 5) is 0. The molecule has 0 spiro atoms. The van der Waals surface area contributed by atoms with Crippen LogP contribution < -0.4 is 0 Å². The van der Waals surface area contributed by atoms with Crippen LogP contribution >= 0.6 is 22.6 Å². The number of ether oxygens (including phenoxy) is 2. The monoisotopic (exact) mass is 318 g/mol. The van der Waals surface area contributed by atoms with Crippen LogP contribution in [0.25, 0.3) is 0 Å². The average Bonchev–Trinajstić information content (AvgIpc) is 2.30. The Hall–Kier alpha value is -0.130. The highest BCUT2D eigenvalue weighted by molar-refractivity contribution is 14.1. The lowest BCUT2D eigenvalue weighted by Gasteiger charge is -2.36. The van der Waals surface area contributed by atoms with Crippen molar-refractivity contribution in [3.63, 3.8) is 0 Å². The van der Waals surface area contributed by atoms with Gasteiger partial charge in [0.2, 0.25) is 0 Å². The molecule has 0 radical (unpaired) electrons. The van der Waals surface area contributed by atoms with Crippen LogP contribution in [0.15, 0.2) is 24.3 Å². The lowest BCUT2D eigenvalue weighted by atomic mass is 9.86. The second-order valence-electron chi connectivity index (χ2n) is 3.82. The van der Waals surface area contributed by atoms with Gasteiger partial charge >= 0.3 is 0 Å². The first-order valence-corrected chi connectivity index (χ1v) is 6.24. The minimum atomic E-state index is -0.126. The summed E-state index contributed by atoms with van der Waals surface area (Å²) in [5, 5.41) is 0. The van der Waals surface area contributed by atoms with E-state index in [9.17, 15) is 0 Å². The highest BCUT2D eigenvalue weighted by Crippen LogP contribution is 2.35. The zero-order valence-electron chi connectivity index (χ0n) is 8.83. The van der Waals surface area contributed by atoms with E-state index < -0.39 is 0 Å². The van der Waals surface area contributed by atoms with Gasteiger partial charge in [-0.1, -0.05) is 12.1 Å². The third-order valence-corrected chi connectivity index (χ3v) is 3.71. The van der Waals surface area contributed by atoms with E-state index in [1.807, 2.05) is 0 Å². The number of hydrogen-bond donors (Lipinski definition) is 0. The van der Waals surface area contributed by atoms with Crippen LogP contribution in [0.1, 0.15) is 18.4 Å². The summed E-state index contributed by atoms with van der Waals surface area (Å²) in [5.41, 5.74) is 1.15. The zero-order chi connectivity index (χ0) is 10.7. The van der Waals surface area contributed by atoms with Crippen LogP contribution in [0.3, 0.4) is 0 Å². The molecule has 0 unspecified atom stereocenters. The number of methoxy groups -OCH3 is 1. The molecule has 1 aromatic carbocycles. The Labute approximate surface area is 104 Å². The van der Waals surface area contributed by atoms with Gasteiger partial charge in [0, 0.05) is 36.7 Å². The summed E-state index contributed by atoms with van der Waals surface area (Å²) in [7, 11) is 1.80. The molecule has 0 atom stereocenters. The SMILES string of the molecule is COC1(c2cccc(I)c2)CCOCC1. The van der Waals surface area contributed by atoms with Gasteiger partial charge in [-0.3, -0.25) is 0 Å². The molecule has 15 heavy (non-hydrogen) atoms. The number of halogens is 1. The standard InChI is InChI=1S/C12H15IO2/c1-14-12(5-7-15-8-6-12)10-3-2-4-11(13)9-10/h2-4,9H,5-8H2,1H3. The van der Waals surface area contributed by atoms with Crippen LogP contribution in [-0.4, -0.2) is 20.3 Å². The second-order valence-corrected chi connectivity index (χ2v) is 5.07. The van der Waals surface area contributed by atoms with E-state index in [1.165, 1.54) is 9.13 Å². The van der Waals surface area contributed by atoms with E-state index in [2.05, 4.69) is 46.9 Å². The fourth-order valence-corrected chi connectivity index (χ4v) is 2.63. The predicted octanol–water partition coefficient (Wildman–Crippen LogP) is 2.94. The van der Waals surface area contributed by atoms with Crippen LogP contribution in [0.4, 0.5) is 0 Å². The summed E-state index contributed by atoms with van der Waals surface area (Å²) >= 11 is 2.34. The van der Waals surface area contributed by atoms with E-state index in [1.54, 1.807) is 7.11 Å². The molecule has 2 rings (SSSR count). The van der Waals surface area contributed by atoms with Crippen LogP contribution in [0, 0.1) is 3.57 Å². The maximum atomic E-state index is 5.74. The molecule has 1 aliphatic rings. The summed E-state index contributed by atoms with van der Waals surface area (Å²) in [6.07, 6.45) is 1.90. The molecule has 0 bridgehead atoms. The van der Waals surface area contributed by atoms with Crippen molar-refractivity contribution < 1.29 is 9.47 Å². The molecule has 0 aliphatic carbocycles. The van der Waals surface area contributed by atoms with E-state index in [0.29, 0.717) is 0 Å². The molecule has 1 fully saturated rings. The Bertz CT molecular complexity index is 332. The summed E-state index contributed by atoms with van der Waals surface area (Å²) in [6, 6.07) is 8.55. The zero-order valence-corrected chi connectivity index (χ0v) is 11.0. The summed E-state index contributed by atoms with van der Waals surface area (Å²) in [5.74, 6) is 0. The molecule has 0 saturated carbocycles. The second kappa shape index (κ2) is 4.80. The Morgan fingerprint density at radius 1 is 1.33 bits per heavy atom. The van der Waals surface area contributed by atoms with Gasteiger partial charge in [-0.2, -0.15) is 0 Å². The van der Waals surface area contributed by atoms with Gasteiger partial charge in [0.05, 0.1) is 5.60 Å². The van der Waals surface area contributed by atoms with Gasteiger partial charge in [-0.15, -0.1) is 0 Å². The molecular weight excluding hydrogens is 303 g/mol. The van der Waals surface area contributed by atoms with Gasteiger partial charge in [0.15, 0.2) is 0 Å². The molecule has 1 aromatic rings. The van der Waals surface area contributed by atoms with Crippen molar-refractivity contribution in [3.05, 3.63) is 33.4 Å². The molecule has 82 valence electrons. The van der Waals surface area contributed by atoms with Crippen LogP contribution in [-0.2, 0) is 15.1 Å². The van der Waals surface area contributed by atoms with Crippen molar-refractivity contribution in [2.24, 2.45) is 0 Å². The van der Waals surface area contributed by atoms with E-state index in [0.717, 1.165) is 26.1 Å². The number of hydrogen-bond acceptors (Lipinski definition) is 2. The van der Waals surface area contributed by atoms with Gasteiger partial charge in [0.1, 0.15) is 0 Å². The number of rotatable bonds is 2. The van der Waals surface area contributed by atoms with Crippen molar-refractivity contribution in [2.75, 3.05) is 20.3 Å². The lowest BCUT2D eigenvalue weighted by Crippen LogP contribution is -2.35. The molecular formula is C12H15IO2. The average molecular weight is 318 g/mol. The van der Waals surface area contributed by atoms with E-state index in [-0.39, 0.29) is 5.60 Å². The molecule has 1 aliphatic heterocycles. The van der Waals surface area contributed by atoms with E-state index >= 15 is 0 Å². The Kier molecular flexibility index (Phi) is 3.64. The van der Waals surface area contributed by atoms with Crippen LogP contribution in [0.2, 0.25) is 0 Å².